The first-order valence-electron chi connectivity index (χ1n) is 5.01. The Labute approximate surface area is 113 Å². The summed E-state index contributed by atoms with van der Waals surface area (Å²) in [5.74, 6) is 0.703. The molecule has 1 unspecified atom stereocenters. The number of piperazine rings is 1. The Bertz CT molecular complexity index is 393. The number of nitrogens with one attached hydrogen (secondary N) is 1. The van der Waals surface area contributed by atoms with Crippen molar-refractivity contribution in [2.24, 2.45) is 0 Å². The van der Waals surface area contributed by atoms with Crippen molar-refractivity contribution < 1.29 is 0 Å². The van der Waals surface area contributed by atoms with E-state index >= 15 is 0 Å². The third-order valence-corrected chi connectivity index (χ3v) is 2.56. The summed E-state index contributed by atoms with van der Waals surface area (Å²) in [5.41, 5.74) is 0.409. The number of nitriles is 1. The summed E-state index contributed by atoms with van der Waals surface area (Å²) >= 11 is 0. The third-order valence-electron chi connectivity index (χ3n) is 2.56. The minimum Gasteiger partial charge on any atom is -0.349 e. The number of rotatable bonds is 1. The lowest BCUT2D eigenvalue weighted by atomic mass is 10.2. The van der Waals surface area contributed by atoms with E-state index in [0.717, 1.165) is 19.6 Å². The molecule has 0 bridgehead atoms. The molecule has 1 saturated heterocycles. The smallest absolute Gasteiger partial charge is 0.183 e. The van der Waals surface area contributed by atoms with Crippen LogP contribution in [-0.4, -0.2) is 35.6 Å². The summed E-state index contributed by atoms with van der Waals surface area (Å²) in [6, 6.07) is 2.43. The lowest BCUT2D eigenvalue weighted by Gasteiger charge is -2.34. The molecule has 0 aliphatic carbocycles. The average molecular weight is 276 g/mol. The Balaban J connectivity index is 0.00000128. The van der Waals surface area contributed by atoms with Gasteiger partial charge in [0.2, 0.25) is 0 Å². The quantitative estimate of drug-likeness (QED) is 0.828. The minimum atomic E-state index is 0. The van der Waals surface area contributed by atoms with Crippen LogP contribution in [0.25, 0.3) is 0 Å². The van der Waals surface area contributed by atoms with Crippen molar-refractivity contribution in [3.8, 4) is 6.07 Å². The van der Waals surface area contributed by atoms with E-state index in [0.29, 0.717) is 17.6 Å². The van der Waals surface area contributed by atoms with Gasteiger partial charge in [-0.15, -0.1) is 24.8 Å². The summed E-state index contributed by atoms with van der Waals surface area (Å²) in [5, 5.41) is 12.2. The Kier molecular flexibility index (Phi) is 6.81. The fourth-order valence-electron chi connectivity index (χ4n) is 1.78. The lowest BCUT2D eigenvalue weighted by Crippen LogP contribution is -2.50. The van der Waals surface area contributed by atoms with Gasteiger partial charge >= 0.3 is 0 Å². The molecular weight excluding hydrogens is 261 g/mol. The van der Waals surface area contributed by atoms with Gasteiger partial charge in [0.05, 0.1) is 0 Å². The van der Waals surface area contributed by atoms with Gasteiger partial charge < -0.3 is 10.2 Å². The fourth-order valence-corrected chi connectivity index (χ4v) is 1.78. The third kappa shape index (κ3) is 3.43. The number of nitrogens with zero attached hydrogens (tertiary/aromatic N) is 4. The maximum atomic E-state index is 8.94. The van der Waals surface area contributed by atoms with Gasteiger partial charge in [-0.2, -0.15) is 5.26 Å². The molecule has 7 heteroatoms. The van der Waals surface area contributed by atoms with Gasteiger partial charge in [0, 0.05) is 38.1 Å². The highest BCUT2D eigenvalue weighted by atomic mass is 35.5. The van der Waals surface area contributed by atoms with E-state index < -0.39 is 0 Å². The zero-order valence-corrected chi connectivity index (χ0v) is 11.1. The van der Waals surface area contributed by atoms with Gasteiger partial charge in [-0.3, -0.25) is 0 Å². The molecule has 0 saturated carbocycles. The molecule has 1 atom stereocenters. The standard InChI is InChI=1S/C10H13N5.2ClH/c1-8-7-12-4-5-15(8)10-9(6-11)13-2-3-14-10;;/h2-3,8,12H,4-5,7H2,1H3;2*1H. The predicted molar refractivity (Wildman–Crippen MR) is 70.9 cm³/mol. The Morgan fingerprint density at radius 2 is 2.12 bits per heavy atom. The molecule has 0 aromatic carbocycles. The molecule has 0 spiro atoms. The zero-order valence-electron chi connectivity index (χ0n) is 9.46. The summed E-state index contributed by atoms with van der Waals surface area (Å²) in [4.78, 5) is 10.4. The molecule has 1 fully saturated rings. The second kappa shape index (κ2) is 7.28. The second-order valence-electron chi connectivity index (χ2n) is 3.59. The van der Waals surface area contributed by atoms with E-state index in [2.05, 4.69) is 33.2 Å². The number of aromatic nitrogens is 2. The highest BCUT2D eigenvalue weighted by Gasteiger charge is 2.21. The maximum Gasteiger partial charge on any atom is 0.183 e. The largest absolute Gasteiger partial charge is 0.349 e. The van der Waals surface area contributed by atoms with Crippen LogP contribution in [0.5, 0.6) is 0 Å². The predicted octanol–water partition coefficient (Wildman–Crippen LogP) is 0.990. The van der Waals surface area contributed by atoms with Crippen LogP contribution in [0.1, 0.15) is 12.6 Å². The van der Waals surface area contributed by atoms with Crippen LogP contribution in [0, 0.1) is 11.3 Å². The highest BCUT2D eigenvalue weighted by Crippen LogP contribution is 2.17. The van der Waals surface area contributed by atoms with E-state index in [-0.39, 0.29) is 24.8 Å². The molecule has 2 rings (SSSR count). The Hall–Kier alpha value is -1.09. The molecule has 5 nitrogen and oxygen atoms in total. The summed E-state index contributed by atoms with van der Waals surface area (Å²) in [7, 11) is 0. The van der Waals surface area contributed by atoms with Gasteiger partial charge in [0.15, 0.2) is 11.5 Å². The van der Waals surface area contributed by atoms with Gasteiger partial charge in [0.25, 0.3) is 0 Å². The van der Waals surface area contributed by atoms with Crippen molar-refractivity contribution >= 4 is 30.6 Å². The molecule has 1 aliphatic rings. The molecule has 0 radical (unpaired) electrons. The monoisotopic (exact) mass is 275 g/mol. The lowest BCUT2D eigenvalue weighted by molar-refractivity contribution is 0.496. The van der Waals surface area contributed by atoms with Gasteiger partial charge in [-0.05, 0) is 6.92 Å². The first kappa shape index (κ1) is 15.9. The average Bonchev–Trinajstić information content (AvgIpc) is 2.30. The van der Waals surface area contributed by atoms with E-state index in [4.69, 9.17) is 5.26 Å². The molecular formula is C10H15Cl2N5. The van der Waals surface area contributed by atoms with Gasteiger partial charge in [-0.25, -0.2) is 9.97 Å². The second-order valence-corrected chi connectivity index (χ2v) is 3.59. The molecule has 1 aliphatic heterocycles. The molecule has 0 amide bonds. The molecule has 1 aromatic heterocycles. The van der Waals surface area contributed by atoms with Crippen molar-refractivity contribution in [2.75, 3.05) is 24.5 Å². The van der Waals surface area contributed by atoms with Crippen LogP contribution in [0.3, 0.4) is 0 Å². The number of halogens is 2. The van der Waals surface area contributed by atoms with Gasteiger partial charge in [-0.1, -0.05) is 0 Å². The Morgan fingerprint density at radius 3 is 2.76 bits per heavy atom. The molecule has 2 heterocycles. The van der Waals surface area contributed by atoms with Crippen LogP contribution in [-0.2, 0) is 0 Å². The van der Waals surface area contributed by atoms with Crippen molar-refractivity contribution in [2.45, 2.75) is 13.0 Å². The van der Waals surface area contributed by atoms with E-state index in [1.165, 1.54) is 0 Å². The molecule has 1 N–H and O–H groups in total. The first-order valence-corrected chi connectivity index (χ1v) is 5.01. The normalized spacial score (nSPS) is 18.6. The first-order chi connectivity index (χ1) is 7.33. The summed E-state index contributed by atoms with van der Waals surface area (Å²) in [6.07, 6.45) is 3.18. The molecule has 94 valence electrons. The minimum absolute atomic E-state index is 0. The number of hydrogen-bond donors (Lipinski definition) is 1. The van der Waals surface area contributed by atoms with Crippen LogP contribution in [0.15, 0.2) is 12.4 Å². The van der Waals surface area contributed by atoms with Crippen molar-refractivity contribution in [3.63, 3.8) is 0 Å². The maximum absolute atomic E-state index is 8.94. The van der Waals surface area contributed by atoms with Crippen molar-refractivity contribution in [3.05, 3.63) is 18.1 Å². The van der Waals surface area contributed by atoms with Crippen molar-refractivity contribution in [1.82, 2.24) is 15.3 Å². The van der Waals surface area contributed by atoms with E-state index in [9.17, 15) is 0 Å². The van der Waals surface area contributed by atoms with Crippen molar-refractivity contribution in [1.29, 1.82) is 5.26 Å². The molecule has 17 heavy (non-hydrogen) atoms. The summed E-state index contributed by atoms with van der Waals surface area (Å²) < 4.78 is 0. The topological polar surface area (TPSA) is 64.8 Å². The Morgan fingerprint density at radius 1 is 1.41 bits per heavy atom. The van der Waals surface area contributed by atoms with Crippen LogP contribution in [0.4, 0.5) is 5.82 Å². The van der Waals surface area contributed by atoms with E-state index in [1.807, 2.05) is 0 Å². The number of anilines is 1. The van der Waals surface area contributed by atoms with E-state index in [1.54, 1.807) is 12.4 Å². The fraction of sp³-hybridized carbons (Fsp3) is 0.500. The van der Waals surface area contributed by atoms with Crippen LogP contribution in [0.2, 0.25) is 0 Å². The molecule has 1 aromatic rings. The van der Waals surface area contributed by atoms with Crippen LogP contribution >= 0.6 is 24.8 Å². The zero-order chi connectivity index (χ0) is 10.7. The van der Waals surface area contributed by atoms with Crippen LogP contribution < -0.4 is 10.2 Å². The van der Waals surface area contributed by atoms with Gasteiger partial charge in [0.1, 0.15) is 6.07 Å². The summed E-state index contributed by atoms with van der Waals surface area (Å²) in [6.45, 7) is 4.82. The highest BCUT2D eigenvalue weighted by molar-refractivity contribution is 5.85. The SMILES string of the molecule is CC1CNCCN1c1nccnc1C#N.Cl.Cl. The number of hydrogen-bond acceptors (Lipinski definition) is 5.